The van der Waals surface area contributed by atoms with E-state index in [2.05, 4.69) is 20.2 Å². The standard InChI is InChI=1S/C20H28N4O3/c1-14-8-20(23-19(21-14)13-25-2)24-7-5-6-15(12-24)22-16-9-17(26-3)11-18(10-16)27-4/h8-11,15,22H,5-7,12-13H2,1-4H3. The number of hydrogen-bond donors (Lipinski definition) is 1. The first-order chi connectivity index (χ1) is 13.1. The molecule has 1 aliphatic heterocycles. The summed E-state index contributed by atoms with van der Waals surface area (Å²) < 4.78 is 15.9. The Kier molecular flexibility index (Phi) is 6.34. The number of aromatic nitrogens is 2. The van der Waals surface area contributed by atoms with Crippen LogP contribution in [-0.2, 0) is 11.3 Å². The van der Waals surface area contributed by atoms with Crippen LogP contribution in [0, 0.1) is 6.92 Å². The molecule has 0 aliphatic carbocycles. The van der Waals surface area contributed by atoms with E-state index in [1.54, 1.807) is 21.3 Å². The number of hydrogen-bond acceptors (Lipinski definition) is 7. The van der Waals surface area contributed by atoms with Gasteiger partial charge in [0.2, 0.25) is 0 Å². The normalized spacial score (nSPS) is 16.9. The molecule has 7 heteroatoms. The van der Waals surface area contributed by atoms with Crippen molar-refractivity contribution < 1.29 is 14.2 Å². The van der Waals surface area contributed by atoms with Crippen LogP contribution in [0.4, 0.5) is 11.5 Å². The number of aryl methyl sites for hydroxylation is 1. The fourth-order valence-corrected chi connectivity index (χ4v) is 3.40. The van der Waals surface area contributed by atoms with Crippen molar-refractivity contribution >= 4 is 11.5 Å². The van der Waals surface area contributed by atoms with Crippen LogP contribution in [0.2, 0.25) is 0 Å². The largest absolute Gasteiger partial charge is 0.497 e. The van der Waals surface area contributed by atoms with Crippen LogP contribution in [0.5, 0.6) is 11.5 Å². The summed E-state index contributed by atoms with van der Waals surface area (Å²) in [6.07, 6.45) is 2.20. The third-order valence-electron chi connectivity index (χ3n) is 4.63. The van der Waals surface area contributed by atoms with Crippen LogP contribution in [-0.4, -0.2) is 50.4 Å². The molecule has 0 spiro atoms. The summed E-state index contributed by atoms with van der Waals surface area (Å²) in [6, 6.07) is 8.21. The number of anilines is 2. The Labute approximate surface area is 160 Å². The van der Waals surface area contributed by atoms with Crippen LogP contribution in [0.15, 0.2) is 24.3 Å². The van der Waals surface area contributed by atoms with Crippen molar-refractivity contribution in [3.63, 3.8) is 0 Å². The average molecular weight is 372 g/mol. The highest BCUT2D eigenvalue weighted by Crippen LogP contribution is 2.28. The lowest BCUT2D eigenvalue weighted by Crippen LogP contribution is -2.42. The van der Waals surface area contributed by atoms with Gasteiger partial charge in [0.15, 0.2) is 5.82 Å². The van der Waals surface area contributed by atoms with Crippen LogP contribution < -0.4 is 19.7 Å². The number of benzene rings is 1. The molecule has 1 N–H and O–H groups in total. The van der Waals surface area contributed by atoms with Crippen molar-refractivity contribution in [2.75, 3.05) is 44.6 Å². The topological polar surface area (TPSA) is 68.7 Å². The number of nitrogens with zero attached hydrogens (tertiary/aromatic N) is 3. The molecule has 1 saturated heterocycles. The quantitative estimate of drug-likeness (QED) is 0.801. The van der Waals surface area contributed by atoms with E-state index in [1.807, 2.05) is 31.2 Å². The predicted molar refractivity (Wildman–Crippen MR) is 106 cm³/mol. The smallest absolute Gasteiger partial charge is 0.156 e. The van der Waals surface area contributed by atoms with Gasteiger partial charge in [-0.05, 0) is 19.8 Å². The van der Waals surface area contributed by atoms with E-state index in [0.29, 0.717) is 12.6 Å². The van der Waals surface area contributed by atoms with E-state index in [9.17, 15) is 0 Å². The lowest BCUT2D eigenvalue weighted by atomic mass is 10.0. The SMILES string of the molecule is COCc1nc(C)cc(N2CCCC(Nc3cc(OC)cc(OC)c3)C2)n1. The number of piperidine rings is 1. The molecule has 1 atom stereocenters. The summed E-state index contributed by atoms with van der Waals surface area (Å²) in [5.41, 5.74) is 1.96. The molecular weight excluding hydrogens is 344 g/mol. The maximum atomic E-state index is 5.37. The van der Waals surface area contributed by atoms with Gasteiger partial charge in [-0.25, -0.2) is 9.97 Å². The summed E-state index contributed by atoms with van der Waals surface area (Å²) in [7, 11) is 4.99. The number of rotatable bonds is 7. The highest BCUT2D eigenvalue weighted by Gasteiger charge is 2.22. The predicted octanol–water partition coefficient (Wildman–Crippen LogP) is 3.03. The molecule has 2 heterocycles. The maximum absolute atomic E-state index is 5.37. The van der Waals surface area contributed by atoms with Crippen molar-refractivity contribution in [2.45, 2.75) is 32.4 Å². The van der Waals surface area contributed by atoms with Crippen molar-refractivity contribution in [3.05, 3.63) is 35.8 Å². The summed E-state index contributed by atoms with van der Waals surface area (Å²) in [4.78, 5) is 11.4. The highest BCUT2D eigenvalue weighted by atomic mass is 16.5. The van der Waals surface area contributed by atoms with Crippen molar-refractivity contribution in [1.82, 2.24) is 9.97 Å². The Morgan fingerprint density at radius 1 is 1.07 bits per heavy atom. The fraction of sp³-hybridized carbons (Fsp3) is 0.500. The zero-order valence-corrected chi connectivity index (χ0v) is 16.5. The lowest BCUT2D eigenvalue weighted by Gasteiger charge is -2.34. The molecule has 2 aromatic rings. The van der Waals surface area contributed by atoms with Gasteiger partial charge in [0.05, 0.1) is 14.2 Å². The summed E-state index contributed by atoms with van der Waals surface area (Å²) in [6.45, 7) is 4.28. The average Bonchev–Trinajstić information content (AvgIpc) is 2.67. The molecule has 1 fully saturated rings. The lowest BCUT2D eigenvalue weighted by molar-refractivity contribution is 0.177. The Hall–Kier alpha value is -2.54. The molecule has 0 saturated carbocycles. The minimum absolute atomic E-state index is 0.316. The van der Waals surface area contributed by atoms with E-state index >= 15 is 0 Å². The molecule has 0 radical (unpaired) electrons. The van der Waals surface area contributed by atoms with Gasteiger partial charge in [-0.15, -0.1) is 0 Å². The van der Waals surface area contributed by atoms with E-state index in [1.165, 1.54) is 0 Å². The van der Waals surface area contributed by atoms with E-state index in [0.717, 1.165) is 60.5 Å². The van der Waals surface area contributed by atoms with Crippen LogP contribution in [0.1, 0.15) is 24.4 Å². The van der Waals surface area contributed by atoms with Gasteiger partial charge in [-0.3, -0.25) is 0 Å². The second-order valence-corrected chi connectivity index (χ2v) is 6.75. The van der Waals surface area contributed by atoms with Gasteiger partial charge in [-0.1, -0.05) is 0 Å². The molecule has 7 nitrogen and oxygen atoms in total. The molecule has 1 aliphatic rings. The number of methoxy groups -OCH3 is 3. The minimum Gasteiger partial charge on any atom is -0.497 e. The summed E-state index contributed by atoms with van der Waals surface area (Å²) in [5.74, 6) is 3.24. The molecule has 3 rings (SSSR count). The summed E-state index contributed by atoms with van der Waals surface area (Å²) >= 11 is 0. The Morgan fingerprint density at radius 2 is 1.81 bits per heavy atom. The molecule has 0 bridgehead atoms. The Morgan fingerprint density at radius 3 is 2.48 bits per heavy atom. The van der Waals surface area contributed by atoms with Gasteiger partial charge in [-0.2, -0.15) is 0 Å². The molecule has 1 aromatic heterocycles. The highest BCUT2D eigenvalue weighted by molar-refractivity contribution is 5.55. The Bertz CT molecular complexity index is 747. The van der Waals surface area contributed by atoms with E-state index in [4.69, 9.17) is 14.2 Å². The van der Waals surface area contributed by atoms with Gasteiger partial charge in [0, 0.05) is 61.9 Å². The second kappa shape index (κ2) is 8.90. The maximum Gasteiger partial charge on any atom is 0.156 e. The molecule has 27 heavy (non-hydrogen) atoms. The molecule has 1 aromatic carbocycles. The van der Waals surface area contributed by atoms with Crippen LogP contribution >= 0.6 is 0 Å². The van der Waals surface area contributed by atoms with Gasteiger partial charge < -0.3 is 24.4 Å². The van der Waals surface area contributed by atoms with Crippen molar-refractivity contribution in [2.24, 2.45) is 0 Å². The van der Waals surface area contributed by atoms with Crippen molar-refractivity contribution in [1.29, 1.82) is 0 Å². The summed E-state index contributed by atoms with van der Waals surface area (Å²) in [5, 5.41) is 3.61. The number of ether oxygens (including phenoxy) is 3. The molecule has 0 amide bonds. The third-order valence-corrected chi connectivity index (χ3v) is 4.63. The van der Waals surface area contributed by atoms with Gasteiger partial charge in [0.25, 0.3) is 0 Å². The zero-order chi connectivity index (χ0) is 19.2. The molecular formula is C20H28N4O3. The zero-order valence-electron chi connectivity index (χ0n) is 16.5. The Balaban J connectivity index is 1.73. The number of nitrogens with one attached hydrogen (secondary N) is 1. The molecule has 146 valence electrons. The fourth-order valence-electron chi connectivity index (χ4n) is 3.40. The van der Waals surface area contributed by atoms with Gasteiger partial charge >= 0.3 is 0 Å². The van der Waals surface area contributed by atoms with Crippen LogP contribution in [0.25, 0.3) is 0 Å². The van der Waals surface area contributed by atoms with Crippen molar-refractivity contribution in [3.8, 4) is 11.5 Å². The van der Waals surface area contributed by atoms with Crippen LogP contribution in [0.3, 0.4) is 0 Å². The monoisotopic (exact) mass is 372 g/mol. The first-order valence-corrected chi connectivity index (χ1v) is 9.19. The first-order valence-electron chi connectivity index (χ1n) is 9.19. The molecule has 1 unspecified atom stereocenters. The van der Waals surface area contributed by atoms with E-state index in [-0.39, 0.29) is 0 Å². The van der Waals surface area contributed by atoms with Gasteiger partial charge in [0.1, 0.15) is 23.9 Å². The van der Waals surface area contributed by atoms with E-state index < -0.39 is 0 Å². The second-order valence-electron chi connectivity index (χ2n) is 6.75. The third kappa shape index (κ3) is 5.01. The first kappa shape index (κ1) is 19.2. The minimum atomic E-state index is 0.316.